The lowest BCUT2D eigenvalue weighted by Gasteiger charge is -2.42. The molecule has 0 saturated heterocycles. The van der Waals surface area contributed by atoms with Crippen molar-refractivity contribution < 1.29 is 14.3 Å². The number of carbonyl (C=O) groups is 1. The Kier molecular flexibility index (Phi) is 4.30. The zero-order chi connectivity index (χ0) is 18.3. The number of nitrogens with zero attached hydrogens (tertiary/aromatic N) is 3. The van der Waals surface area contributed by atoms with Gasteiger partial charge >= 0.3 is 0 Å². The van der Waals surface area contributed by atoms with Gasteiger partial charge in [0.25, 0.3) is 0 Å². The molecule has 1 saturated carbocycles. The molecule has 2 N–H and O–H groups in total. The Bertz CT molecular complexity index is 828. The van der Waals surface area contributed by atoms with Crippen LogP contribution in [0.3, 0.4) is 0 Å². The van der Waals surface area contributed by atoms with Crippen molar-refractivity contribution >= 4 is 22.6 Å². The smallest absolute Gasteiger partial charge is 0.220 e. The van der Waals surface area contributed by atoms with E-state index in [-0.39, 0.29) is 17.9 Å². The zero-order valence-electron chi connectivity index (χ0n) is 15.1. The molecule has 1 fully saturated rings. The van der Waals surface area contributed by atoms with E-state index >= 15 is 0 Å². The first kappa shape index (κ1) is 16.9. The number of nitrogens with two attached hydrogens (primary N) is 1. The van der Waals surface area contributed by atoms with E-state index in [0.29, 0.717) is 18.4 Å². The first-order valence-electron chi connectivity index (χ1n) is 9.07. The summed E-state index contributed by atoms with van der Waals surface area (Å²) in [5.41, 5.74) is 8.04. The van der Waals surface area contributed by atoms with Gasteiger partial charge in [-0.25, -0.2) is 4.98 Å². The van der Waals surface area contributed by atoms with Gasteiger partial charge in [-0.2, -0.15) is 0 Å². The Balaban J connectivity index is 1.64. The third-order valence-electron chi connectivity index (χ3n) is 5.81. The molecule has 0 radical (unpaired) electrons. The van der Waals surface area contributed by atoms with E-state index in [1.807, 2.05) is 12.1 Å². The summed E-state index contributed by atoms with van der Waals surface area (Å²) >= 11 is 0. The second-order valence-corrected chi connectivity index (χ2v) is 7.20. The molecule has 26 heavy (non-hydrogen) atoms. The minimum atomic E-state index is -0.171. The van der Waals surface area contributed by atoms with Crippen molar-refractivity contribution in [3.63, 3.8) is 0 Å². The summed E-state index contributed by atoms with van der Waals surface area (Å²) in [6, 6.07) is 3.97. The SMILES string of the molecule is COc1ccc2ncc3c(c2n1)N(C)C([C@H]1CC[C@H](C(N)=O)CC1)CO3. The van der Waals surface area contributed by atoms with Gasteiger partial charge in [-0.15, -0.1) is 0 Å². The van der Waals surface area contributed by atoms with Crippen molar-refractivity contribution in [3.05, 3.63) is 18.3 Å². The number of anilines is 1. The molecule has 0 bridgehead atoms. The number of primary amides is 1. The summed E-state index contributed by atoms with van der Waals surface area (Å²) in [6.07, 6.45) is 5.46. The Labute approximate surface area is 152 Å². The number of carbonyl (C=O) groups excluding carboxylic acids is 1. The molecule has 0 spiro atoms. The highest BCUT2D eigenvalue weighted by atomic mass is 16.5. The third-order valence-corrected chi connectivity index (χ3v) is 5.81. The molecule has 1 amide bonds. The molecule has 1 unspecified atom stereocenters. The van der Waals surface area contributed by atoms with Crippen molar-refractivity contribution in [1.29, 1.82) is 0 Å². The number of ether oxygens (including phenoxy) is 2. The van der Waals surface area contributed by atoms with Gasteiger partial charge in [-0.1, -0.05) is 0 Å². The van der Waals surface area contributed by atoms with E-state index in [4.69, 9.17) is 15.2 Å². The van der Waals surface area contributed by atoms with Crippen molar-refractivity contribution in [2.24, 2.45) is 17.6 Å². The summed E-state index contributed by atoms with van der Waals surface area (Å²) in [5, 5.41) is 0. The molecular formula is C19H24N4O3. The maximum absolute atomic E-state index is 11.4. The van der Waals surface area contributed by atoms with Crippen LogP contribution in [0, 0.1) is 11.8 Å². The quantitative estimate of drug-likeness (QED) is 0.906. The summed E-state index contributed by atoms with van der Waals surface area (Å²) in [6.45, 7) is 0.618. The van der Waals surface area contributed by atoms with Gasteiger partial charge in [-0.3, -0.25) is 9.78 Å². The van der Waals surface area contributed by atoms with Crippen molar-refractivity contribution in [1.82, 2.24) is 9.97 Å². The fourth-order valence-corrected chi connectivity index (χ4v) is 4.27. The molecule has 138 valence electrons. The minimum Gasteiger partial charge on any atom is -0.488 e. The lowest BCUT2D eigenvalue weighted by molar-refractivity contribution is -0.123. The van der Waals surface area contributed by atoms with Crippen LogP contribution in [0.1, 0.15) is 25.7 Å². The van der Waals surface area contributed by atoms with Crippen LogP contribution in [-0.4, -0.2) is 42.7 Å². The Morgan fingerprint density at radius 1 is 1.31 bits per heavy atom. The molecule has 1 aliphatic heterocycles. The van der Waals surface area contributed by atoms with E-state index < -0.39 is 0 Å². The highest BCUT2D eigenvalue weighted by Gasteiger charge is 2.36. The van der Waals surface area contributed by atoms with Crippen LogP contribution in [0.15, 0.2) is 18.3 Å². The van der Waals surface area contributed by atoms with Crippen LogP contribution >= 0.6 is 0 Å². The second-order valence-electron chi connectivity index (χ2n) is 7.20. The fourth-order valence-electron chi connectivity index (χ4n) is 4.27. The first-order chi connectivity index (χ1) is 12.6. The third kappa shape index (κ3) is 2.81. The zero-order valence-corrected chi connectivity index (χ0v) is 15.1. The maximum Gasteiger partial charge on any atom is 0.220 e. The van der Waals surface area contributed by atoms with Crippen LogP contribution in [0.25, 0.3) is 11.0 Å². The number of fused-ring (bicyclic) bond motifs is 3. The van der Waals surface area contributed by atoms with Gasteiger partial charge in [0, 0.05) is 19.0 Å². The van der Waals surface area contributed by atoms with E-state index in [0.717, 1.165) is 48.2 Å². The molecule has 4 rings (SSSR count). The van der Waals surface area contributed by atoms with Gasteiger partial charge < -0.3 is 20.1 Å². The molecule has 1 aliphatic carbocycles. The highest BCUT2D eigenvalue weighted by Crippen LogP contribution is 2.42. The predicted octanol–water partition coefficient (Wildman–Crippen LogP) is 2.13. The standard InChI is InChI=1S/C19H24N4O3/c1-23-14(11-3-5-12(6-4-11)19(20)24)10-26-15-9-21-13-7-8-16(25-2)22-17(13)18(15)23/h7-9,11-12,14H,3-6,10H2,1-2H3,(H2,20,24)/t11-,12-,14?. The average molecular weight is 356 g/mol. The molecule has 3 heterocycles. The van der Waals surface area contributed by atoms with Gasteiger partial charge in [0.05, 0.1) is 24.9 Å². The molecule has 2 aliphatic rings. The number of hydrogen-bond acceptors (Lipinski definition) is 6. The largest absolute Gasteiger partial charge is 0.488 e. The second kappa shape index (κ2) is 6.63. The van der Waals surface area contributed by atoms with Crippen LogP contribution in [0.2, 0.25) is 0 Å². The Morgan fingerprint density at radius 3 is 2.77 bits per heavy atom. The van der Waals surface area contributed by atoms with E-state index in [1.54, 1.807) is 13.3 Å². The molecule has 2 aromatic rings. The van der Waals surface area contributed by atoms with Crippen LogP contribution in [0.4, 0.5) is 5.69 Å². The van der Waals surface area contributed by atoms with Gasteiger partial charge in [0.1, 0.15) is 17.8 Å². The molecule has 2 aromatic heterocycles. The summed E-state index contributed by atoms with van der Waals surface area (Å²) in [7, 11) is 3.70. The van der Waals surface area contributed by atoms with Crippen molar-refractivity contribution in [3.8, 4) is 11.6 Å². The normalized spacial score (nSPS) is 25.5. The molecule has 0 aromatic carbocycles. The number of pyridine rings is 2. The Hall–Kier alpha value is -2.57. The number of amides is 1. The number of likely N-dealkylation sites (N-methyl/N-ethyl adjacent to an activating group) is 1. The van der Waals surface area contributed by atoms with Crippen LogP contribution in [-0.2, 0) is 4.79 Å². The highest BCUT2D eigenvalue weighted by molar-refractivity contribution is 5.92. The fraction of sp³-hybridized carbons (Fsp3) is 0.526. The number of aromatic nitrogens is 2. The minimum absolute atomic E-state index is 0.0179. The molecule has 7 heteroatoms. The molecular weight excluding hydrogens is 332 g/mol. The van der Waals surface area contributed by atoms with Crippen LogP contribution in [0.5, 0.6) is 11.6 Å². The monoisotopic (exact) mass is 356 g/mol. The van der Waals surface area contributed by atoms with E-state index in [2.05, 4.69) is 21.9 Å². The van der Waals surface area contributed by atoms with Crippen LogP contribution < -0.4 is 20.1 Å². The molecule has 7 nitrogen and oxygen atoms in total. The maximum atomic E-state index is 11.4. The summed E-state index contributed by atoms with van der Waals surface area (Å²) in [4.78, 5) is 22.8. The van der Waals surface area contributed by atoms with Gasteiger partial charge in [-0.05, 0) is 37.7 Å². The van der Waals surface area contributed by atoms with Crippen molar-refractivity contribution in [2.45, 2.75) is 31.7 Å². The predicted molar refractivity (Wildman–Crippen MR) is 98.4 cm³/mol. The topological polar surface area (TPSA) is 90.6 Å². The summed E-state index contributed by atoms with van der Waals surface area (Å²) < 4.78 is 11.3. The number of rotatable bonds is 3. The average Bonchev–Trinajstić information content (AvgIpc) is 2.67. The number of hydrogen-bond donors (Lipinski definition) is 1. The van der Waals surface area contributed by atoms with E-state index in [1.165, 1.54) is 0 Å². The first-order valence-corrected chi connectivity index (χ1v) is 9.07. The van der Waals surface area contributed by atoms with Gasteiger partial charge in [0.15, 0.2) is 5.75 Å². The van der Waals surface area contributed by atoms with Crippen molar-refractivity contribution in [2.75, 3.05) is 25.7 Å². The lowest BCUT2D eigenvalue weighted by atomic mass is 9.77. The van der Waals surface area contributed by atoms with E-state index in [9.17, 15) is 4.79 Å². The van der Waals surface area contributed by atoms with Gasteiger partial charge in [0.2, 0.25) is 11.8 Å². The Morgan fingerprint density at radius 2 is 2.08 bits per heavy atom. The summed E-state index contributed by atoms with van der Waals surface area (Å²) in [5.74, 6) is 1.63. The molecule has 1 atom stereocenters. The lowest BCUT2D eigenvalue weighted by Crippen LogP contribution is -2.47. The number of methoxy groups -OCH3 is 1.